The summed E-state index contributed by atoms with van der Waals surface area (Å²) in [5, 5.41) is 5.05. The van der Waals surface area contributed by atoms with Gasteiger partial charge in [0.15, 0.2) is 0 Å². The molecule has 2 aromatic heterocycles. The Bertz CT molecular complexity index is 2850. The smallest absolute Gasteiger partial charge is 0.0640 e. The van der Waals surface area contributed by atoms with Gasteiger partial charge in [0.1, 0.15) is 0 Å². The number of aromatic nitrogens is 1. The maximum absolute atomic E-state index is 2.46. The topological polar surface area (TPSA) is 8.17 Å². The largest absolute Gasteiger partial charge is 0.310 e. The van der Waals surface area contributed by atoms with Crippen LogP contribution in [0.25, 0.3) is 69.9 Å². The van der Waals surface area contributed by atoms with Crippen LogP contribution in [0.3, 0.4) is 0 Å². The van der Waals surface area contributed by atoms with Crippen LogP contribution in [0.2, 0.25) is 0 Å². The van der Waals surface area contributed by atoms with Gasteiger partial charge >= 0.3 is 0 Å². The van der Waals surface area contributed by atoms with Crippen LogP contribution in [-0.4, -0.2) is 4.57 Å². The second-order valence-electron chi connectivity index (χ2n) is 12.9. The molecule has 0 bridgehead atoms. The molecule has 0 atom stereocenters. The van der Waals surface area contributed by atoms with E-state index in [2.05, 4.69) is 204 Å². The molecule has 2 heterocycles. The quantitative estimate of drug-likeness (QED) is 0.171. The Labute approximate surface area is 300 Å². The molecule has 8 aromatic carbocycles. The molecule has 0 fully saturated rings. The van der Waals surface area contributed by atoms with Crippen molar-refractivity contribution < 1.29 is 0 Å². The first-order chi connectivity index (χ1) is 25.3. The number of hydrogen-bond donors (Lipinski definition) is 0. The molecule has 0 radical (unpaired) electrons. The van der Waals surface area contributed by atoms with Gasteiger partial charge in [0.2, 0.25) is 0 Å². The van der Waals surface area contributed by atoms with Crippen LogP contribution in [0.1, 0.15) is 0 Å². The number of thiophene rings is 1. The number of rotatable bonds is 6. The van der Waals surface area contributed by atoms with Gasteiger partial charge in [0.25, 0.3) is 0 Å². The zero-order valence-electron chi connectivity index (χ0n) is 27.8. The lowest BCUT2D eigenvalue weighted by Gasteiger charge is -2.27. The summed E-state index contributed by atoms with van der Waals surface area (Å²) in [5.74, 6) is 0. The SMILES string of the molecule is c1ccc(-c2cccc(N(c3ccccc3)c3ccc(-c4ccc5sc6ccccc6c5c4)c4c3c3ccccc3n4-c3ccccc3)c2)cc1. The molecule has 0 unspecified atom stereocenters. The van der Waals surface area contributed by atoms with Crippen molar-refractivity contribution >= 4 is 70.4 Å². The van der Waals surface area contributed by atoms with E-state index in [0.717, 1.165) is 22.7 Å². The Hall–Kier alpha value is -6.42. The van der Waals surface area contributed by atoms with E-state index in [-0.39, 0.29) is 0 Å². The number of fused-ring (bicyclic) bond motifs is 6. The third-order valence-corrected chi connectivity index (χ3v) is 11.1. The summed E-state index contributed by atoms with van der Waals surface area (Å²) in [7, 11) is 0. The molecule has 0 saturated heterocycles. The van der Waals surface area contributed by atoms with Crippen LogP contribution in [-0.2, 0) is 0 Å². The molecule has 0 aliphatic carbocycles. The zero-order chi connectivity index (χ0) is 33.7. The van der Waals surface area contributed by atoms with Crippen LogP contribution in [0.15, 0.2) is 194 Å². The maximum atomic E-state index is 2.46. The fraction of sp³-hybridized carbons (Fsp3) is 0. The highest BCUT2D eigenvalue weighted by Gasteiger charge is 2.24. The molecular weight excluding hydrogens is 637 g/mol. The van der Waals surface area contributed by atoms with Gasteiger partial charge < -0.3 is 9.47 Å². The second-order valence-corrected chi connectivity index (χ2v) is 14.0. The van der Waals surface area contributed by atoms with Crippen molar-refractivity contribution in [2.45, 2.75) is 0 Å². The van der Waals surface area contributed by atoms with Crippen molar-refractivity contribution in [3.8, 4) is 27.9 Å². The standard InChI is InChI=1S/C48H32N2S/c1-4-15-33(16-5-1)34-17-14-22-38(31-34)49(36-18-6-2-7-19-36)44-29-28-39(35-27-30-46-42(32-35)40-23-11-13-26-45(40)51-46)48-47(44)41-24-10-12-25-43(41)50(48)37-20-8-3-9-21-37/h1-32H. The summed E-state index contributed by atoms with van der Waals surface area (Å²) in [6.45, 7) is 0. The summed E-state index contributed by atoms with van der Waals surface area (Å²) in [5.41, 5.74) is 11.7. The molecule has 3 heteroatoms. The number of para-hydroxylation sites is 3. The molecule has 0 saturated carbocycles. The summed E-state index contributed by atoms with van der Waals surface area (Å²) >= 11 is 1.86. The average molecular weight is 669 g/mol. The molecular formula is C48H32N2S. The monoisotopic (exact) mass is 668 g/mol. The fourth-order valence-electron chi connectivity index (χ4n) is 7.70. The fourth-order valence-corrected chi connectivity index (χ4v) is 8.78. The minimum atomic E-state index is 1.11. The van der Waals surface area contributed by atoms with E-state index in [0.29, 0.717) is 0 Å². The van der Waals surface area contributed by atoms with E-state index in [1.165, 1.54) is 64.2 Å². The lowest BCUT2D eigenvalue weighted by atomic mass is 9.97. The van der Waals surface area contributed by atoms with Gasteiger partial charge in [-0.25, -0.2) is 0 Å². The van der Waals surface area contributed by atoms with Crippen molar-refractivity contribution in [1.82, 2.24) is 4.57 Å². The Morgan fingerprint density at radius 2 is 1.06 bits per heavy atom. The van der Waals surface area contributed by atoms with Crippen molar-refractivity contribution in [2.24, 2.45) is 0 Å². The number of anilines is 3. The van der Waals surface area contributed by atoms with Crippen molar-refractivity contribution in [3.63, 3.8) is 0 Å². The number of benzene rings is 8. The Balaban J connectivity index is 1.31. The van der Waals surface area contributed by atoms with Gasteiger partial charge in [-0.2, -0.15) is 0 Å². The zero-order valence-corrected chi connectivity index (χ0v) is 28.6. The highest BCUT2D eigenvalue weighted by Crippen LogP contribution is 2.48. The van der Waals surface area contributed by atoms with Crippen LogP contribution in [0.5, 0.6) is 0 Å². The molecule has 0 aliphatic heterocycles. The lowest BCUT2D eigenvalue weighted by molar-refractivity contribution is 1.18. The molecule has 0 N–H and O–H groups in total. The minimum Gasteiger partial charge on any atom is -0.310 e. The van der Waals surface area contributed by atoms with Crippen LogP contribution in [0, 0.1) is 0 Å². The predicted octanol–water partition coefficient (Wildman–Crippen LogP) is 14.0. The van der Waals surface area contributed by atoms with E-state index < -0.39 is 0 Å². The highest BCUT2D eigenvalue weighted by atomic mass is 32.1. The Morgan fingerprint density at radius 1 is 0.412 bits per heavy atom. The van der Waals surface area contributed by atoms with Gasteiger partial charge in [0, 0.05) is 53.6 Å². The second kappa shape index (κ2) is 12.2. The molecule has 0 aliphatic rings. The van der Waals surface area contributed by atoms with Gasteiger partial charge in [0.05, 0.1) is 16.7 Å². The van der Waals surface area contributed by atoms with Crippen molar-refractivity contribution in [3.05, 3.63) is 194 Å². The molecule has 51 heavy (non-hydrogen) atoms. The molecule has 10 aromatic rings. The highest BCUT2D eigenvalue weighted by molar-refractivity contribution is 7.25. The van der Waals surface area contributed by atoms with Gasteiger partial charge in [-0.05, 0) is 83.4 Å². The maximum Gasteiger partial charge on any atom is 0.0640 e. The van der Waals surface area contributed by atoms with Crippen LogP contribution >= 0.6 is 11.3 Å². The first-order valence-electron chi connectivity index (χ1n) is 17.4. The van der Waals surface area contributed by atoms with Gasteiger partial charge in [-0.3, -0.25) is 0 Å². The molecule has 0 amide bonds. The van der Waals surface area contributed by atoms with Crippen LogP contribution in [0.4, 0.5) is 17.1 Å². The van der Waals surface area contributed by atoms with Crippen molar-refractivity contribution in [2.75, 3.05) is 4.90 Å². The first-order valence-corrected chi connectivity index (χ1v) is 18.2. The van der Waals surface area contributed by atoms with Crippen LogP contribution < -0.4 is 4.90 Å². The van der Waals surface area contributed by atoms with E-state index in [1.807, 2.05) is 11.3 Å². The number of nitrogens with zero attached hydrogens (tertiary/aromatic N) is 2. The minimum absolute atomic E-state index is 1.11. The third-order valence-electron chi connectivity index (χ3n) is 9.96. The Kier molecular flexibility index (Phi) is 7.04. The molecule has 0 spiro atoms. The Morgan fingerprint density at radius 3 is 1.88 bits per heavy atom. The van der Waals surface area contributed by atoms with Gasteiger partial charge in [-0.15, -0.1) is 11.3 Å². The van der Waals surface area contributed by atoms with E-state index in [4.69, 9.17) is 0 Å². The summed E-state index contributed by atoms with van der Waals surface area (Å²) in [6.07, 6.45) is 0. The van der Waals surface area contributed by atoms with E-state index in [1.54, 1.807) is 0 Å². The van der Waals surface area contributed by atoms with Gasteiger partial charge in [-0.1, -0.05) is 127 Å². The first kappa shape index (κ1) is 29.5. The lowest BCUT2D eigenvalue weighted by Crippen LogP contribution is -2.10. The molecule has 10 rings (SSSR count). The number of hydrogen-bond acceptors (Lipinski definition) is 2. The summed E-state index contributed by atoms with van der Waals surface area (Å²) in [6, 6.07) is 70.4. The predicted molar refractivity (Wildman–Crippen MR) is 219 cm³/mol. The summed E-state index contributed by atoms with van der Waals surface area (Å²) in [4.78, 5) is 2.43. The van der Waals surface area contributed by atoms with Crippen molar-refractivity contribution in [1.29, 1.82) is 0 Å². The average Bonchev–Trinajstić information content (AvgIpc) is 3.75. The molecule has 240 valence electrons. The van der Waals surface area contributed by atoms with E-state index >= 15 is 0 Å². The summed E-state index contributed by atoms with van der Waals surface area (Å²) < 4.78 is 5.09. The third kappa shape index (κ3) is 4.93. The molecule has 2 nitrogen and oxygen atoms in total. The van der Waals surface area contributed by atoms with E-state index in [9.17, 15) is 0 Å². The normalized spacial score (nSPS) is 11.5.